The highest BCUT2D eigenvalue weighted by Gasteiger charge is 2.36. The van der Waals surface area contributed by atoms with Crippen LogP contribution in [-0.2, 0) is 9.59 Å². The quantitative estimate of drug-likeness (QED) is 0.511. The molecule has 0 fully saturated rings. The summed E-state index contributed by atoms with van der Waals surface area (Å²) in [6.07, 6.45) is -0.106. The molecule has 1 aliphatic rings. The van der Waals surface area contributed by atoms with Crippen LogP contribution in [0.2, 0.25) is 0 Å². The smallest absolute Gasteiger partial charge is 0.269 e. The lowest BCUT2D eigenvalue weighted by atomic mass is 10.1. The first-order valence-electron chi connectivity index (χ1n) is 8.93. The molecule has 0 spiro atoms. The van der Waals surface area contributed by atoms with Gasteiger partial charge in [0.15, 0.2) is 0 Å². The highest BCUT2D eigenvalue weighted by molar-refractivity contribution is 6.04. The fourth-order valence-electron chi connectivity index (χ4n) is 3.39. The van der Waals surface area contributed by atoms with Gasteiger partial charge in [0.2, 0.25) is 5.91 Å². The number of fused-ring (bicyclic) bond motifs is 1. The zero-order valence-corrected chi connectivity index (χ0v) is 15.5. The van der Waals surface area contributed by atoms with Gasteiger partial charge in [-0.2, -0.15) is 5.10 Å². The summed E-state index contributed by atoms with van der Waals surface area (Å²) in [5, 5.41) is 20.7. The fraction of sp³-hybridized carbons (Fsp3) is 0.150. The zero-order chi connectivity index (χ0) is 20.5. The zero-order valence-electron chi connectivity index (χ0n) is 15.5. The maximum Gasteiger partial charge on any atom is 0.269 e. The van der Waals surface area contributed by atoms with Crippen molar-refractivity contribution in [3.05, 3.63) is 70.4 Å². The van der Waals surface area contributed by atoms with E-state index in [1.54, 1.807) is 4.68 Å². The van der Waals surface area contributed by atoms with Gasteiger partial charge in [0.25, 0.3) is 11.6 Å². The highest BCUT2D eigenvalue weighted by atomic mass is 16.6. The van der Waals surface area contributed by atoms with Crippen molar-refractivity contribution in [1.82, 2.24) is 9.78 Å². The lowest BCUT2D eigenvalue weighted by Crippen LogP contribution is -2.23. The normalized spacial score (nSPS) is 14.9. The third kappa shape index (κ3) is 3.45. The molecule has 3 aromatic rings. The van der Waals surface area contributed by atoms with Gasteiger partial charge in [-0.25, -0.2) is 4.68 Å². The van der Waals surface area contributed by atoms with Gasteiger partial charge in [0.1, 0.15) is 11.9 Å². The van der Waals surface area contributed by atoms with E-state index < -0.39 is 11.0 Å². The highest BCUT2D eigenvalue weighted by Crippen LogP contribution is 2.38. The third-order valence-electron chi connectivity index (χ3n) is 4.73. The topological polar surface area (TPSA) is 119 Å². The predicted molar refractivity (Wildman–Crippen MR) is 106 cm³/mol. The molecule has 2 N–H and O–H groups in total. The Morgan fingerprint density at radius 3 is 2.55 bits per heavy atom. The number of non-ortho nitro benzene ring substituents is 1. The molecule has 1 atom stereocenters. The van der Waals surface area contributed by atoms with Crippen LogP contribution in [0.3, 0.4) is 0 Å². The number of amides is 2. The summed E-state index contributed by atoms with van der Waals surface area (Å²) in [4.78, 5) is 35.1. The van der Waals surface area contributed by atoms with Crippen LogP contribution in [0.5, 0.6) is 0 Å². The number of hydrogen-bond acceptors (Lipinski definition) is 5. The van der Waals surface area contributed by atoms with Crippen molar-refractivity contribution in [2.75, 3.05) is 10.6 Å². The minimum Gasteiger partial charge on any atom is -0.326 e. The summed E-state index contributed by atoms with van der Waals surface area (Å²) < 4.78 is 1.55. The number of benzene rings is 2. The molecule has 9 nitrogen and oxygen atoms in total. The van der Waals surface area contributed by atoms with Gasteiger partial charge < -0.3 is 10.6 Å². The Morgan fingerprint density at radius 2 is 1.90 bits per heavy atom. The number of aromatic nitrogens is 2. The van der Waals surface area contributed by atoms with Crippen molar-refractivity contribution in [2.45, 2.75) is 19.4 Å². The largest absolute Gasteiger partial charge is 0.326 e. The van der Waals surface area contributed by atoms with Gasteiger partial charge in [-0.3, -0.25) is 19.7 Å². The fourth-order valence-corrected chi connectivity index (χ4v) is 3.39. The summed E-state index contributed by atoms with van der Waals surface area (Å²) >= 11 is 0. The Morgan fingerprint density at radius 1 is 1.21 bits per heavy atom. The lowest BCUT2D eigenvalue weighted by molar-refractivity contribution is -0.384. The minimum absolute atomic E-state index is 0.0664. The summed E-state index contributed by atoms with van der Waals surface area (Å²) in [7, 11) is 0. The van der Waals surface area contributed by atoms with E-state index in [9.17, 15) is 19.7 Å². The molecule has 4 rings (SSSR count). The SMILES string of the molecule is Cc1nn2c(c1-c1ccccc1)NC(=O)C2CC(=O)Nc1ccc([N+](=O)[O-])cc1. The molecule has 29 heavy (non-hydrogen) atoms. The van der Waals surface area contributed by atoms with E-state index in [-0.39, 0.29) is 23.9 Å². The van der Waals surface area contributed by atoms with Crippen LogP contribution in [-0.4, -0.2) is 26.5 Å². The Kier molecular flexibility index (Phi) is 4.55. The molecular weight excluding hydrogens is 374 g/mol. The van der Waals surface area contributed by atoms with Crippen LogP contribution in [0.4, 0.5) is 17.2 Å². The molecule has 9 heteroatoms. The molecule has 0 saturated heterocycles. The first-order valence-corrected chi connectivity index (χ1v) is 8.93. The molecule has 1 unspecified atom stereocenters. The van der Waals surface area contributed by atoms with E-state index >= 15 is 0 Å². The standard InChI is InChI=1S/C20H17N5O4/c1-12-18(13-5-3-2-4-6-13)19-22-20(27)16(24(19)23-12)11-17(26)21-14-7-9-15(10-8-14)25(28)29/h2-10,16H,11H2,1H3,(H,21,26)(H,22,27). The second-order valence-corrected chi connectivity index (χ2v) is 6.68. The van der Waals surface area contributed by atoms with Gasteiger partial charge >= 0.3 is 0 Å². The molecule has 0 aliphatic carbocycles. The van der Waals surface area contributed by atoms with E-state index in [4.69, 9.17) is 0 Å². The van der Waals surface area contributed by atoms with E-state index in [0.29, 0.717) is 11.5 Å². The lowest BCUT2D eigenvalue weighted by Gasteiger charge is -2.10. The number of nitro groups is 1. The average Bonchev–Trinajstić information content (AvgIpc) is 3.16. The molecule has 1 aromatic heterocycles. The van der Waals surface area contributed by atoms with E-state index in [0.717, 1.165) is 16.8 Å². The van der Waals surface area contributed by atoms with E-state index in [1.807, 2.05) is 37.3 Å². The Labute approximate surface area is 165 Å². The summed E-state index contributed by atoms with van der Waals surface area (Å²) in [5.74, 6) is -0.114. The van der Waals surface area contributed by atoms with Gasteiger partial charge in [-0.1, -0.05) is 30.3 Å². The van der Waals surface area contributed by atoms with Crippen molar-refractivity contribution >= 4 is 29.0 Å². The first kappa shape index (κ1) is 18.4. The number of anilines is 2. The molecule has 2 amide bonds. The number of aryl methyl sites for hydroxylation is 1. The molecule has 0 saturated carbocycles. The number of carbonyl (C=O) groups excluding carboxylic acids is 2. The van der Waals surface area contributed by atoms with Crippen molar-refractivity contribution in [3.8, 4) is 11.1 Å². The number of rotatable bonds is 5. The second-order valence-electron chi connectivity index (χ2n) is 6.68. The van der Waals surface area contributed by atoms with E-state index in [2.05, 4.69) is 15.7 Å². The molecule has 1 aliphatic heterocycles. The van der Waals surface area contributed by atoms with E-state index in [1.165, 1.54) is 24.3 Å². The molecule has 2 aromatic carbocycles. The van der Waals surface area contributed by atoms with Crippen LogP contribution in [0.15, 0.2) is 54.6 Å². The van der Waals surface area contributed by atoms with Crippen LogP contribution >= 0.6 is 0 Å². The van der Waals surface area contributed by atoms with Gasteiger partial charge in [0.05, 0.1) is 17.0 Å². The average molecular weight is 391 g/mol. The number of carbonyl (C=O) groups is 2. The van der Waals surface area contributed by atoms with Crippen molar-refractivity contribution < 1.29 is 14.5 Å². The molecule has 2 heterocycles. The summed E-state index contributed by atoms with van der Waals surface area (Å²) in [6, 6.07) is 14.3. The third-order valence-corrected chi connectivity index (χ3v) is 4.73. The summed E-state index contributed by atoms with van der Waals surface area (Å²) in [5.41, 5.74) is 2.87. The van der Waals surface area contributed by atoms with Crippen LogP contribution in [0.1, 0.15) is 18.2 Å². The van der Waals surface area contributed by atoms with Crippen molar-refractivity contribution in [2.24, 2.45) is 0 Å². The van der Waals surface area contributed by atoms with Gasteiger partial charge in [0, 0.05) is 23.4 Å². The second kappa shape index (κ2) is 7.19. The first-order chi connectivity index (χ1) is 13.9. The maximum absolute atomic E-state index is 12.5. The number of nitrogens with zero attached hydrogens (tertiary/aromatic N) is 3. The molecule has 146 valence electrons. The van der Waals surface area contributed by atoms with Crippen LogP contribution in [0, 0.1) is 17.0 Å². The molecule has 0 bridgehead atoms. The number of hydrogen-bond donors (Lipinski definition) is 2. The number of nitrogens with one attached hydrogen (secondary N) is 2. The predicted octanol–water partition coefficient (Wildman–Crippen LogP) is 3.29. The number of nitro benzene ring substituents is 1. The monoisotopic (exact) mass is 391 g/mol. The van der Waals surface area contributed by atoms with Crippen LogP contribution < -0.4 is 10.6 Å². The minimum atomic E-state index is -0.765. The van der Waals surface area contributed by atoms with Crippen molar-refractivity contribution in [3.63, 3.8) is 0 Å². The Hall–Kier alpha value is -4.01. The maximum atomic E-state index is 12.5. The van der Waals surface area contributed by atoms with Crippen molar-refractivity contribution in [1.29, 1.82) is 0 Å². The molecular formula is C20H17N5O4. The summed E-state index contributed by atoms with van der Waals surface area (Å²) in [6.45, 7) is 1.85. The molecule has 0 radical (unpaired) electrons. The van der Waals surface area contributed by atoms with Crippen LogP contribution in [0.25, 0.3) is 11.1 Å². The Bertz CT molecular complexity index is 1110. The Balaban J connectivity index is 1.53. The van der Waals surface area contributed by atoms with Gasteiger partial charge in [-0.15, -0.1) is 0 Å². The van der Waals surface area contributed by atoms with Gasteiger partial charge in [-0.05, 0) is 24.6 Å².